The van der Waals surface area contributed by atoms with Crippen molar-refractivity contribution >= 4 is 11.6 Å². The summed E-state index contributed by atoms with van der Waals surface area (Å²) in [7, 11) is 0. The lowest BCUT2D eigenvalue weighted by Gasteiger charge is -2.18. The molecule has 1 atom stereocenters. The third kappa shape index (κ3) is 3.47. The molecule has 2 aromatic rings. The topological polar surface area (TPSA) is 47.6 Å². The molecule has 0 aromatic heterocycles. The zero-order valence-corrected chi connectivity index (χ0v) is 13.5. The molecule has 1 N–H and O–H groups in total. The van der Waals surface area contributed by atoms with E-state index in [2.05, 4.69) is 31.3 Å². The van der Waals surface area contributed by atoms with E-state index in [-0.39, 0.29) is 5.91 Å². The highest BCUT2D eigenvalue weighted by Gasteiger charge is 2.15. The Morgan fingerprint density at radius 2 is 1.78 bits per heavy atom. The second-order valence-electron chi connectivity index (χ2n) is 5.74. The van der Waals surface area contributed by atoms with E-state index in [0.29, 0.717) is 36.2 Å². The fraction of sp³-hybridized carbons (Fsp3) is 0.316. The molecule has 0 saturated carbocycles. The van der Waals surface area contributed by atoms with E-state index in [0.717, 1.165) is 12.1 Å². The van der Waals surface area contributed by atoms with Crippen molar-refractivity contribution in [1.29, 1.82) is 0 Å². The molecule has 0 fully saturated rings. The van der Waals surface area contributed by atoms with Crippen LogP contribution < -0.4 is 14.8 Å². The molecule has 0 unspecified atom stereocenters. The summed E-state index contributed by atoms with van der Waals surface area (Å²) in [5.74, 6) is 1.68. The molecular formula is C19H21NO3. The minimum atomic E-state index is -0.154. The van der Waals surface area contributed by atoms with Gasteiger partial charge in [0, 0.05) is 11.3 Å². The predicted octanol–water partition coefficient (Wildman–Crippen LogP) is 4.22. The summed E-state index contributed by atoms with van der Waals surface area (Å²) in [5, 5.41) is 2.91. The van der Waals surface area contributed by atoms with E-state index in [9.17, 15) is 4.79 Å². The van der Waals surface area contributed by atoms with Gasteiger partial charge >= 0.3 is 0 Å². The maximum atomic E-state index is 12.4. The van der Waals surface area contributed by atoms with E-state index in [4.69, 9.17) is 9.47 Å². The Morgan fingerprint density at radius 1 is 1.09 bits per heavy atom. The molecule has 120 valence electrons. The molecule has 0 bridgehead atoms. The molecule has 1 aliphatic rings. The number of amides is 1. The molecule has 1 aliphatic heterocycles. The first-order valence-electron chi connectivity index (χ1n) is 7.98. The smallest absolute Gasteiger partial charge is 0.255 e. The van der Waals surface area contributed by atoms with Gasteiger partial charge in [-0.2, -0.15) is 0 Å². The molecule has 0 aliphatic carbocycles. The Morgan fingerprint density at radius 3 is 2.48 bits per heavy atom. The quantitative estimate of drug-likeness (QED) is 0.919. The second-order valence-corrected chi connectivity index (χ2v) is 5.74. The van der Waals surface area contributed by atoms with Crippen molar-refractivity contribution in [3.05, 3.63) is 53.6 Å². The summed E-state index contributed by atoms with van der Waals surface area (Å²) in [6.45, 7) is 5.42. The number of hydrogen-bond acceptors (Lipinski definition) is 3. The highest BCUT2D eigenvalue weighted by molar-refractivity contribution is 6.04. The van der Waals surface area contributed by atoms with Crippen molar-refractivity contribution in [1.82, 2.24) is 0 Å². The van der Waals surface area contributed by atoms with E-state index < -0.39 is 0 Å². The lowest BCUT2D eigenvalue weighted by atomic mass is 9.98. The van der Waals surface area contributed by atoms with Gasteiger partial charge in [0.1, 0.15) is 13.2 Å². The van der Waals surface area contributed by atoms with Gasteiger partial charge < -0.3 is 14.8 Å². The van der Waals surface area contributed by atoms with Crippen molar-refractivity contribution < 1.29 is 14.3 Å². The first-order chi connectivity index (χ1) is 11.2. The Labute approximate surface area is 136 Å². The first-order valence-corrected chi connectivity index (χ1v) is 7.98. The van der Waals surface area contributed by atoms with Crippen molar-refractivity contribution in [3.8, 4) is 11.5 Å². The molecule has 0 radical (unpaired) electrons. The molecule has 4 nitrogen and oxygen atoms in total. The molecular weight excluding hydrogens is 290 g/mol. The summed E-state index contributed by atoms with van der Waals surface area (Å²) in [6.07, 6.45) is 1.10. The van der Waals surface area contributed by atoms with Gasteiger partial charge in [-0.25, -0.2) is 0 Å². The van der Waals surface area contributed by atoms with Gasteiger partial charge in [0.25, 0.3) is 5.91 Å². The van der Waals surface area contributed by atoms with Gasteiger partial charge in [-0.1, -0.05) is 26.0 Å². The fourth-order valence-corrected chi connectivity index (χ4v) is 2.52. The SMILES string of the molecule is CC[C@H](C)c1ccc(NC(=O)c2ccc3c(c2)OCCO3)cc1. The van der Waals surface area contributed by atoms with Crippen LogP contribution in [-0.4, -0.2) is 19.1 Å². The number of ether oxygens (including phenoxy) is 2. The largest absolute Gasteiger partial charge is 0.486 e. The first kappa shape index (κ1) is 15.4. The third-order valence-electron chi connectivity index (χ3n) is 4.15. The zero-order valence-electron chi connectivity index (χ0n) is 13.5. The fourth-order valence-electron chi connectivity index (χ4n) is 2.52. The Bertz CT molecular complexity index is 694. The summed E-state index contributed by atoms with van der Waals surface area (Å²) >= 11 is 0. The molecule has 1 amide bonds. The standard InChI is InChI=1S/C19H21NO3/c1-3-13(2)14-4-7-16(8-5-14)20-19(21)15-6-9-17-18(12-15)23-11-10-22-17/h4-9,12-13H,3,10-11H2,1-2H3,(H,20,21)/t13-/m0/s1. The Hall–Kier alpha value is -2.49. The minimum absolute atomic E-state index is 0.154. The van der Waals surface area contributed by atoms with E-state index in [1.165, 1.54) is 5.56 Å². The van der Waals surface area contributed by atoms with Crippen LogP contribution in [0.15, 0.2) is 42.5 Å². The number of fused-ring (bicyclic) bond motifs is 1. The average Bonchev–Trinajstić information content (AvgIpc) is 2.61. The molecule has 3 rings (SSSR count). The van der Waals surface area contributed by atoms with Gasteiger partial charge in [0.2, 0.25) is 0 Å². The highest BCUT2D eigenvalue weighted by atomic mass is 16.6. The third-order valence-corrected chi connectivity index (χ3v) is 4.15. The van der Waals surface area contributed by atoms with Gasteiger partial charge in [-0.05, 0) is 48.2 Å². The summed E-state index contributed by atoms with van der Waals surface area (Å²) in [6, 6.07) is 13.2. The number of carbonyl (C=O) groups is 1. The van der Waals surface area contributed by atoms with Gasteiger partial charge in [0.15, 0.2) is 11.5 Å². The molecule has 4 heteroatoms. The van der Waals surface area contributed by atoms with Crippen LogP contribution in [0.4, 0.5) is 5.69 Å². The normalized spacial score (nSPS) is 14.2. The maximum Gasteiger partial charge on any atom is 0.255 e. The van der Waals surface area contributed by atoms with Crippen LogP contribution in [0.2, 0.25) is 0 Å². The monoisotopic (exact) mass is 311 g/mol. The van der Waals surface area contributed by atoms with Crippen molar-refractivity contribution in [2.24, 2.45) is 0 Å². The molecule has 1 heterocycles. The number of nitrogens with one attached hydrogen (secondary N) is 1. The van der Waals surface area contributed by atoms with Gasteiger partial charge in [-0.3, -0.25) is 4.79 Å². The average molecular weight is 311 g/mol. The number of hydrogen-bond donors (Lipinski definition) is 1. The molecule has 2 aromatic carbocycles. The molecule has 0 spiro atoms. The van der Waals surface area contributed by atoms with Crippen molar-refractivity contribution in [3.63, 3.8) is 0 Å². The van der Waals surface area contributed by atoms with Crippen LogP contribution in [0.5, 0.6) is 11.5 Å². The van der Waals surface area contributed by atoms with Crippen molar-refractivity contribution in [2.45, 2.75) is 26.2 Å². The summed E-state index contributed by atoms with van der Waals surface area (Å²) < 4.78 is 11.0. The Kier molecular flexibility index (Phi) is 4.51. The highest BCUT2D eigenvalue weighted by Crippen LogP contribution is 2.31. The number of carbonyl (C=O) groups excluding carboxylic acids is 1. The van der Waals surface area contributed by atoms with Crippen LogP contribution in [0.25, 0.3) is 0 Å². The maximum absolute atomic E-state index is 12.4. The number of anilines is 1. The zero-order chi connectivity index (χ0) is 16.2. The van der Waals surface area contributed by atoms with Crippen LogP contribution in [0.3, 0.4) is 0 Å². The minimum Gasteiger partial charge on any atom is -0.486 e. The van der Waals surface area contributed by atoms with E-state index in [1.54, 1.807) is 18.2 Å². The van der Waals surface area contributed by atoms with Crippen LogP contribution >= 0.6 is 0 Å². The second kappa shape index (κ2) is 6.73. The number of benzene rings is 2. The van der Waals surface area contributed by atoms with Gasteiger partial charge in [-0.15, -0.1) is 0 Å². The summed E-state index contributed by atoms with van der Waals surface area (Å²) in [5.41, 5.74) is 2.63. The van der Waals surface area contributed by atoms with Crippen LogP contribution in [0.1, 0.15) is 42.1 Å². The van der Waals surface area contributed by atoms with Crippen LogP contribution in [-0.2, 0) is 0 Å². The molecule has 23 heavy (non-hydrogen) atoms. The predicted molar refractivity (Wildman–Crippen MR) is 90.5 cm³/mol. The molecule has 0 saturated heterocycles. The van der Waals surface area contributed by atoms with E-state index >= 15 is 0 Å². The summed E-state index contributed by atoms with van der Waals surface area (Å²) in [4.78, 5) is 12.4. The lowest BCUT2D eigenvalue weighted by Crippen LogP contribution is -2.17. The lowest BCUT2D eigenvalue weighted by molar-refractivity contribution is 0.102. The van der Waals surface area contributed by atoms with Crippen molar-refractivity contribution in [2.75, 3.05) is 18.5 Å². The Balaban J connectivity index is 1.71. The number of rotatable bonds is 4. The van der Waals surface area contributed by atoms with Gasteiger partial charge in [0.05, 0.1) is 0 Å². The van der Waals surface area contributed by atoms with E-state index in [1.807, 2.05) is 12.1 Å². The van der Waals surface area contributed by atoms with Crippen LogP contribution in [0, 0.1) is 0 Å².